The van der Waals surface area contributed by atoms with Crippen LogP contribution in [-0.2, 0) is 11.3 Å². The molecule has 3 aromatic rings. The standard InChI is InChI=1S/C22H26N6OS/c1-15-23-20(26-25-15)14-27-10-12-28(13-11-27)22(29)17-7-3-2-6-16(17)21-24-18-8-4-5-9-19(18)30-21/h2-5,8-9,16-17H,6-7,10-14H2,1H3,(H,23,25,26). The van der Waals surface area contributed by atoms with Gasteiger partial charge < -0.3 is 4.90 Å². The van der Waals surface area contributed by atoms with E-state index in [1.54, 1.807) is 11.3 Å². The van der Waals surface area contributed by atoms with Crippen molar-refractivity contribution in [1.82, 2.24) is 30.0 Å². The number of amides is 1. The average molecular weight is 423 g/mol. The first-order valence-corrected chi connectivity index (χ1v) is 11.4. The number of thiazole rings is 1. The molecular formula is C22H26N6OS. The van der Waals surface area contributed by atoms with E-state index in [1.807, 2.05) is 24.0 Å². The first kappa shape index (κ1) is 19.4. The van der Waals surface area contributed by atoms with Crippen molar-refractivity contribution in [2.75, 3.05) is 26.2 Å². The number of nitrogens with one attached hydrogen (secondary N) is 1. The van der Waals surface area contributed by atoms with Gasteiger partial charge >= 0.3 is 0 Å². The second kappa shape index (κ2) is 8.28. The second-order valence-corrected chi connectivity index (χ2v) is 9.18. The van der Waals surface area contributed by atoms with Gasteiger partial charge in [0.2, 0.25) is 5.91 Å². The number of piperazine rings is 1. The van der Waals surface area contributed by atoms with Gasteiger partial charge in [0.25, 0.3) is 0 Å². The Hall–Kier alpha value is -2.58. The van der Waals surface area contributed by atoms with Crippen molar-refractivity contribution in [3.8, 4) is 0 Å². The highest BCUT2D eigenvalue weighted by Gasteiger charge is 2.35. The Morgan fingerprint density at radius 2 is 1.93 bits per heavy atom. The smallest absolute Gasteiger partial charge is 0.226 e. The number of aromatic nitrogens is 4. The van der Waals surface area contributed by atoms with Crippen molar-refractivity contribution in [1.29, 1.82) is 0 Å². The van der Waals surface area contributed by atoms with Crippen molar-refractivity contribution in [2.45, 2.75) is 32.2 Å². The zero-order chi connectivity index (χ0) is 20.5. The lowest BCUT2D eigenvalue weighted by atomic mass is 9.82. The minimum Gasteiger partial charge on any atom is -0.340 e. The van der Waals surface area contributed by atoms with Crippen molar-refractivity contribution < 1.29 is 4.79 Å². The molecule has 0 saturated carbocycles. The fraction of sp³-hybridized carbons (Fsp3) is 0.455. The number of carbonyl (C=O) groups is 1. The lowest BCUT2D eigenvalue weighted by Gasteiger charge is -2.37. The Morgan fingerprint density at radius 1 is 1.13 bits per heavy atom. The molecule has 7 nitrogen and oxygen atoms in total. The molecule has 0 radical (unpaired) electrons. The van der Waals surface area contributed by atoms with Crippen molar-refractivity contribution >= 4 is 27.5 Å². The maximum Gasteiger partial charge on any atom is 0.226 e. The van der Waals surface area contributed by atoms with Gasteiger partial charge in [-0.05, 0) is 31.9 Å². The number of H-pyrrole nitrogens is 1. The summed E-state index contributed by atoms with van der Waals surface area (Å²) in [4.78, 5) is 27.1. The molecule has 1 amide bonds. The van der Waals surface area contributed by atoms with Gasteiger partial charge in [-0.25, -0.2) is 9.97 Å². The summed E-state index contributed by atoms with van der Waals surface area (Å²) in [6, 6.07) is 8.24. The zero-order valence-electron chi connectivity index (χ0n) is 17.1. The van der Waals surface area contributed by atoms with Crippen LogP contribution >= 0.6 is 11.3 Å². The molecule has 1 fully saturated rings. The summed E-state index contributed by atoms with van der Waals surface area (Å²) in [5, 5.41) is 8.22. The molecule has 0 spiro atoms. The molecule has 1 aromatic carbocycles. The Morgan fingerprint density at radius 3 is 2.70 bits per heavy atom. The molecule has 0 bridgehead atoms. The highest BCUT2D eigenvalue weighted by Crippen LogP contribution is 2.39. The van der Waals surface area contributed by atoms with Gasteiger partial charge in [-0.15, -0.1) is 11.3 Å². The Balaban J connectivity index is 1.26. The molecule has 2 aromatic heterocycles. The van der Waals surface area contributed by atoms with Crippen LogP contribution in [0.3, 0.4) is 0 Å². The Bertz CT molecular complexity index is 1030. The summed E-state index contributed by atoms with van der Waals surface area (Å²) in [6.45, 7) is 5.87. The molecule has 2 unspecified atom stereocenters. The molecule has 1 N–H and O–H groups in total. The minimum absolute atomic E-state index is 0.0160. The van der Waals surface area contributed by atoms with E-state index in [1.165, 1.54) is 4.70 Å². The molecule has 3 heterocycles. The number of fused-ring (bicyclic) bond motifs is 1. The third kappa shape index (κ3) is 3.89. The predicted octanol–water partition coefficient (Wildman–Crippen LogP) is 3.12. The van der Waals surface area contributed by atoms with E-state index in [0.717, 1.165) is 67.7 Å². The van der Waals surface area contributed by atoms with Crippen LogP contribution in [-0.4, -0.2) is 62.1 Å². The van der Waals surface area contributed by atoms with Crippen LogP contribution in [0.4, 0.5) is 0 Å². The van der Waals surface area contributed by atoms with Crippen LogP contribution in [0.25, 0.3) is 10.2 Å². The van der Waals surface area contributed by atoms with E-state index in [-0.39, 0.29) is 17.7 Å². The number of hydrogen-bond donors (Lipinski definition) is 1. The molecule has 1 saturated heterocycles. The number of nitrogens with zero attached hydrogens (tertiary/aromatic N) is 5. The number of hydrogen-bond acceptors (Lipinski definition) is 6. The largest absolute Gasteiger partial charge is 0.340 e. The Kier molecular flexibility index (Phi) is 5.35. The fourth-order valence-electron chi connectivity index (χ4n) is 4.43. The number of aryl methyl sites for hydroxylation is 1. The summed E-state index contributed by atoms with van der Waals surface area (Å²) in [5.74, 6) is 2.09. The zero-order valence-corrected chi connectivity index (χ0v) is 17.9. The number of rotatable bonds is 4. The van der Waals surface area contributed by atoms with Crippen LogP contribution < -0.4 is 0 Å². The molecule has 30 heavy (non-hydrogen) atoms. The quantitative estimate of drug-likeness (QED) is 0.654. The molecule has 1 aliphatic heterocycles. The third-order valence-electron chi connectivity index (χ3n) is 6.07. The van der Waals surface area contributed by atoms with Crippen LogP contribution in [0.15, 0.2) is 36.4 Å². The number of carbonyl (C=O) groups excluding carboxylic acids is 1. The lowest BCUT2D eigenvalue weighted by Crippen LogP contribution is -2.50. The average Bonchev–Trinajstić information content (AvgIpc) is 3.39. The van der Waals surface area contributed by atoms with Crippen molar-refractivity contribution in [2.24, 2.45) is 5.92 Å². The van der Waals surface area contributed by atoms with Gasteiger partial charge in [-0.1, -0.05) is 24.3 Å². The normalized spacial score (nSPS) is 22.6. The van der Waals surface area contributed by atoms with Crippen LogP contribution in [0.1, 0.15) is 35.4 Å². The van der Waals surface area contributed by atoms with E-state index in [4.69, 9.17) is 4.98 Å². The van der Waals surface area contributed by atoms with E-state index < -0.39 is 0 Å². The highest BCUT2D eigenvalue weighted by molar-refractivity contribution is 7.18. The predicted molar refractivity (Wildman–Crippen MR) is 117 cm³/mol. The van der Waals surface area contributed by atoms with Crippen LogP contribution in [0.2, 0.25) is 0 Å². The molecule has 1 aliphatic carbocycles. The van der Waals surface area contributed by atoms with E-state index in [0.29, 0.717) is 0 Å². The monoisotopic (exact) mass is 422 g/mol. The van der Waals surface area contributed by atoms with Crippen molar-refractivity contribution in [3.63, 3.8) is 0 Å². The molecule has 2 atom stereocenters. The topological polar surface area (TPSA) is 78.0 Å². The fourth-order valence-corrected chi connectivity index (χ4v) is 5.58. The number of allylic oxidation sites excluding steroid dienone is 2. The maximum absolute atomic E-state index is 13.4. The first-order valence-electron chi connectivity index (χ1n) is 10.6. The summed E-state index contributed by atoms with van der Waals surface area (Å²) in [7, 11) is 0. The Labute approximate surface area is 179 Å². The van der Waals surface area contributed by atoms with Crippen LogP contribution in [0, 0.1) is 12.8 Å². The van der Waals surface area contributed by atoms with E-state index >= 15 is 0 Å². The summed E-state index contributed by atoms with van der Waals surface area (Å²) in [5.41, 5.74) is 1.04. The van der Waals surface area contributed by atoms with Gasteiger partial charge in [0, 0.05) is 32.1 Å². The van der Waals surface area contributed by atoms with Gasteiger partial charge in [0.1, 0.15) is 5.82 Å². The van der Waals surface area contributed by atoms with E-state index in [2.05, 4.69) is 44.4 Å². The van der Waals surface area contributed by atoms with Crippen LogP contribution in [0.5, 0.6) is 0 Å². The SMILES string of the molecule is Cc1nc(CN2CCN(C(=O)C3CC=CCC3c3nc4ccccc4s3)CC2)n[nH]1. The summed E-state index contributed by atoms with van der Waals surface area (Å²) >= 11 is 1.73. The van der Waals surface area contributed by atoms with Gasteiger partial charge in [0.15, 0.2) is 5.82 Å². The maximum atomic E-state index is 13.4. The van der Waals surface area contributed by atoms with Gasteiger partial charge in [0.05, 0.1) is 27.7 Å². The summed E-state index contributed by atoms with van der Waals surface area (Å²) < 4.78 is 1.20. The minimum atomic E-state index is -0.0160. The molecule has 8 heteroatoms. The molecule has 5 rings (SSSR count). The number of benzene rings is 1. The summed E-state index contributed by atoms with van der Waals surface area (Å²) in [6.07, 6.45) is 6.06. The van der Waals surface area contributed by atoms with Crippen molar-refractivity contribution in [3.05, 3.63) is 53.1 Å². The van der Waals surface area contributed by atoms with Gasteiger partial charge in [-0.3, -0.25) is 14.8 Å². The van der Waals surface area contributed by atoms with E-state index in [9.17, 15) is 4.79 Å². The molecular weight excluding hydrogens is 396 g/mol. The lowest BCUT2D eigenvalue weighted by molar-refractivity contribution is -0.138. The van der Waals surface area contributed by atoms with Gasteiger partial charge in [-0.2, -0.15) is 5.10 Å². The second-order valence-electron chi connectivity index (χ2n) is 8.11. The molecule has 2 aliphatic rings. The third-order valence-corrected chi connectivity index (χ3v) is 7.24. The highest BCUT2D eigenvalue weighted by atomic mass is 32.1. The number of aromatic amines is 1. The first-order chi connectivity index (χ1) is 14.7. The number of para-hydroxylation sites is 1. The molecule has 156 valence electrons.